The molecule has 2 saturated heterocycles. The van der Waals surface area contributed by atoms with E-state index in [9.17, 15) is 13.2 Å². The van der Waals surface area contributed by atoms with E-state index in [0.717, 1.165) is 18.8 Å². The van der Waals surface area contributed by atoms with Crippen LogP contribution in [-0.4, -0.2) is 77.8 Å². The van der Waals surface area contributed by atoms with E-state index in [0.29, 0.717) is 31.0 Å². The van der Waals surface area contributed by atoms with Gasteiger partial charge in [-0.25, -0.2) is 18.4 Å². The molecule has 8 nitrogen and oxygen atoms in total. The van der Waals surface area contributed by atoms with E-state index >= 15 is 0 Å². The lowest BCUT2D eigenvalue weighted by Crippen LogP contribution is -2.52. The molecule has 1 N–H and O–H groups in total. The summed E-state index contributed by atoms with van der Waals surface area (Å²) in [6.45, 7) is 2.67. The molecule has 28 heavy (non-hydrogen) atoms. The molecule has 3 heterocycles. The van der Waals surface area contributed by atoms with Crippen LogP contribution in [0.25, 0.3) is 0 Å². The van der Waals surface area contributed by atoms with Crippen molar-refractivity contribution in [3.8, 4) is 0 Å². The predicted molar refractivity (Wildman–Crippen MR) is 106 cm³/mol. The molecule has 148 valence electrons. The van der Waals surface area contributed by atoms with Crippen molar-refractivity contribution in [1.29, 1.82) is 0 Å². The molecule has 1 atom stereocenters. The highest BCUT2D eigenvalue weighted by Crippen LogP contribution is 2.20. The molecular weight excluding hydrogens is 378 g/mol. The Hall–Kier alpha value is -2.52. The van der Waals surface area contributed by atoms with E-state index in [1.165, 1.54) is 0 Å². The Bertz CT molecular complexity index is 926. The van der Waals surface area contributed by atoms with Crippen molar-refractivity contribution in [2.75, 3.05) is 43.0 Å². The van der Waals surface area contributed by atoms with Crippen LogP contribution < -0.4 is 5.32 Å². The van der Waals surface area contributed by atoms with E-state index < -0.39 is 9.84 Å². The van der Waals surface area contributed by atoms with E-state index in [2.05, 4.69) is 20.2 Å². The standard InChI is InChI=1S/C19H23N5O3S/c25-18(15-2-4-16(5-3-15)22-19-20-7-1-8-21-19)24-11-9-23(10-12-24)17-6-13-28(26,27)14-17/h1-5,7-8,17H,6,9-14H2,(H,20,21,22)/t17-/m0/s1. The van der Waals surface area contributed by atoms with Gasteiger partial charge in [0.2, 0.25) is 5.95 Å². The van der Waals surface area contributed by atoms with E-state index in [4.69, 9.17) is 0 Å². The van der Waals surface area contributed by atoms with Crippen molar-refractivity contribution in [2.24, 2.45) is 0 Å². The largest absolute Gasteiger partial charge is 0.336 e. The van der Waals surface area contributed by atoms with Gasteiger partial charge in [0.25, 0.3) is 5.91 Å². The number of nitrogens with zero attached hydrogens (tertiary/aromatic N) is 4. The third-order valence-electron chi connectivity index (χ3n) is 5.28. The second-order valence-corrected chi connectivity index (χ2v) is 9.39. The maximum atomic E-state index is 12.8. The highest BCUT2D eigenvalue weighted by Gasteiger charge is 2.34. The average molecular weight is 401 g/mol. The zero-order valence-electron chi connectivity index (χ0n) is 15.5. The number of hydrogen-bond donors (Lipinski definition) is 1. The van der Waals surface area contributed by atoms with Crippen LogP contribution in [0, 0.1) is 0 Å². The third kappa shape index (κ3) is 4.31. The molecule has 1 aromatic carbocycles. The molecule has 2 aromatic rings. The lowest BCUT2D eigenvalue weighted by Gasteiger charge is -2.37. The number of anilines is 2. The number of carbonyl (C=O) groups is 1. The summed E-state index contributed by atoms with van der Waals surface area (Å²) < 4.78 is 23.4. The second-order valence-electron chi connectivity index (χ2n) is 7.16. The molecule has 0 aliphatic carbocycles. The lowest BCUT2D eigenvalue weighted by molar-refractivity contribution is 0.0588. The van der Waals surface area contributed by atoms with Crippen LogP contribution in [0.4, 0.5) is 11.6 Å². The van der Waals surface area contributed by atoms with Crippen molar-refractivity contribution in [3.63, 3.8) is 0 Å². The molecule has 0 bridgehead atoms. The van der Waals surface area contributed by atoms with Crippen molar-refractivity contribution in [2.45, 2.75) is 12.5 Å². The van der Waals surface area contributed by atoms with Gasteiger partial charge in [-0.1, -0.05) is 0 Å². The number of sulfone groups is 1. The zero-order chi connectivity index (χ0) is 19.6. The van der Waals surface area contributed by atoms with E-state index in [1.807, 2.05) is 17.0 Å². The number of carbonyl (C=O) groups excluding carboxylic acids is 1. The molecule has 0 radical (unpaired) electrons. The molecule has 1 amide bonds. The Morgan fingerprint density at radius 1 is 1.04 bits per heavy atom. The fourth-order valence-corrected chi connectivity index (χ4v) is 5.49. The van der Waals surface area contributed by atoms with Gasteiger partial charge in [0, 0.05) is 55.9 Å². The molecule has 2 fully saturated rings. The van der Waals surface area contributed by atoms with Crippen LogP contribution in [0.5, 0.6) is 0 Å². The molecule has 9 heteroatoms. The lowest BCUT2D eigenvalue weighted by atomic mass is 10.1. The normalized spacial score (nSPS) is 22.1. The minimum atomic E-state index is -2.88. The Morgan fingerprint density at radius 3 is 2.32 bits per heavy atom. The molecule has 0 spiro atoms. The molecule has 0 saturated carbocycles. The monoisotopic (exact) mass is 401 g/mol. The number of benzene rings is 1. The van der Waals surface area contributed by atoms with Crippen molar-refractivity contribution < 1.29 is 13.2 Å². The molecule has 4 rings (SSSR count). The Balaban J connectivity index is 1.32. The Labute approximate surface area is 164 Å². The Morgan fingerprint density at radius 2 is 1.71 bits per heavy atom. The van der Waals surface area contributed by atoms with Gasteiger partial charge < -0.3 is 10.2 Å². The summed E-state index contributed by atoms with van der Waals surface area (Å²) in [5, 5.41) is 3.09. The van der Waals surface area contributed by atoms with Crippen LogP contribution in [-0.2, 0) is 9.84 Å². The van der Waals surface area contributed by atoms with E-state index in [1.54, 1.807) is 30.6 Å². The highest BCUT2D eigenvalue weighted by atomic mass is 32.2. The molecule has 2 aliphatic rings. The minimum absolute atomic E-state index is 0.00112. The minimum Gasteiger partial charge on any atom is -0.336 e. The first-order valence-electron chi connectivity index (χ1n) is 9.38. The van der Waals surface area contributed by atoms with E-state index in [-0.39, 0.29) is 23.5 Å². The zero-order valence-corrected chi connectivity index (χ0v) is 16.3. The van der Waals surface area contributed by atoms with Gasteiger partial charge in [-0.2, -0.15) is 0 Å². The maximum absolute atomic E-state index is 12.8. The van der Waals surface area contributed by atoms with Crippen LogP contribution >= 0.6 is 0 Å². The molecule has 2 aliphatic heterocycles. The number of amides is 1. The SMILES string of the molecule is O=C(c1ccc(Nc2ncccn2)cc1)N1CCN([C@H]2CCS(=O)(=O)C2)CC1. The second kappa shape index (κ2) is 7.84. The van der Waals surface area contributed by atoms with Gasteiger partial charge in [0.15, 0.2) is 9.84 Å². The highest BCUT2D eigenvalue weighted by molar-refractivity contribution is 7.91. The summed E-state index contributed by atoms with van der Waals surface area (Å²) in [5.41, 5.74) is 1.45. The van der Waals surface area contributed by atoms with Gasteiger partial charge in [-0.3, -0.25) is 9.69 Å². The van der Waals surface area contributed by atoms with Gasteiger partial charge in [-0.05, 0) is 36.8 Å². The topological polar surface area (TPSA) is 95.5 Å². The molecular formula is C19H23N5O3S. The number of nitrogens with one attached hydrogen (secondary N) is 1. The summed E-state index contributed by atoms with van der Waals surface area (Å²) in [5.74, 6) is 1.04. The van der Waals surface area contributed by atoms with Crippen molar-refractivity contribution in [3.05, 3.63) is 48.3 Å². The summed E-state index contributed by atoms with van der Waals surface area (Å²) in [6.07, 6.45) is 4.03. The Kier molecular flexibility index (Phi) is 5.27. The summed E-state index contributed by atoms with van der Waals surface area (Å²) >= 11 is 0. The van der Waals surface area contributed by atoms with Gasteiger partial charge in [-0.15, -0.1) is 0 Å². The van der Waals surface area contributed by atoms with Gasteiger partial charge in [0.1, 0.15) is 0 Å². The fraction of sp³-hybridized carbons (Fsp3) is 0.421. The third-order valence-corrected chi connectivity index (χ3v) is 7.03. The first-order valence-corrected chi connectivity index (χ1v) is 11.2. The van der Waals surface area contributed by atoms with Gasteiger partial charge >= 0.3 is 0 Å². The summed E-state index contributed by atoms with van der Waals surface area (Å²) in [7, 11) is -2.88. The maximum Gasteiger partial charge on any atom is 0.253 e. The number of hydrogen-bond acceptors (Lipinski definition) is 7. The summed E-state index contributed by atoms with van der Waals surface area (Å²) in [4.78, 5) is 25.0. The summed E-state index contributed by atoms with van der Waals surface area (Å²) in [6, 6.07) is 9.12. The molecule has 1 aromatic heterocycles. The number of aromatic nitrogens is 2. The quantitative estimate of drug-likeness (QED) is 0.821. The van der Waals surface area contributed by atoms with Crippen LogP contribution in [0.3, 0.4) is 0 Å². The first-order chi connectivity index (χ1) is 13.5. The van der Waals surface area contributed by atoms with Crippen LogP contribution in [0.2, 0.25) is 0 Å². The smallest absolute Gasteiger partial charge is 0.253 e. The van der Waals surface area contributed by atoms with Crippen LogP contribution in [0.1, 0.15) is 16.8 Å². The van der Waals surface area contributed by atoms with Crippen molar-refractivity contribution in [1.82, 2.24) is 19.8 Å². The number of rotatable bonds is 4. The van der Waals surface area contributed by atoms with Gasteiger partial charge in [0.05, 0.1) is 11.5 Å². The van der Waals surface area contributed by atoms with Crippen molar-refractivity contribution >= 4 is 27.4 Å². The van der Waals surface area contributed by atoms with Crippen LogP contribution in [0.15, 0.2) is 42.7 Å². The number of piperazine rings is 1. The first kappa shape index (κ1) is 18.8. The average Bonchev–Trinajstić information content (AvgIpc) is 3.09. The molecule has 0 unspecified atom stereocenters. The fourth-order valence-electron chi connectivity index (χ4n) is 3.72. The predicted octanol–water partition coefficient (Wildman–Crippen LogP) is 1.17.